The largest absolute Gasteiger partial charge is 0.367 e. The normalized spacial score (nSPS) is 21.8. The number of piperazine rings is 1. The van der Waals surface area contributed by atoms with E-state index in [9.17, 15) is 4.79 Å². The molecule has 0 radical (unpaired) electrons. The Morgan fingerprint density at radius 2 is 2.00 bits per heavy atom. The quantitative estimate of drug-likeness (QED) is 0.549. The first kappa shape index (κ1) is 10.4. The number of nitrogens with one attached hydrogen (secondary N) is 1. The summed E-state index contributed by atoms with van der Waals surface area (Å²) < 4.78 is 0. The topological polar surface area (TPSA) is 61.6 Å². The summed E-state index contributed by atoms with van der Waals surface area (Å²) in [6.45, 7) is 3.62. The van der Waals surface area contributed by atoms with E-state index in [1.165, 1.54) is 0 Å². The maximum Gasteiger partial charge on any atom is 0.249 e. The van der Waals surface area contributed by atoms with E-state index in [1.807, 2.05) is 19.0 Å². The van der Waals surface area contributed by atoms with E-state index in [1.54, 1.807) is 0 Å². The lowest BCUT2D eigenvalue weighted by atomic mass is 10.3. The van der Waals surface area contributed by atoms with Gasteiger partial charge in [0.25, 0.3) is 0 Å². The van der Waals surface area contributed by atoms with Crippen molar-refractivity contribution in [2.24, 2.45) is 5.73 Å². The number of hydrogen-bond acceptors (Lipinski definition) is 4. The molecule has 1 unspecified atom stereocenters. The summed E-state index contributed by atoms with van der Waals surface area (Å²) in [7, 11) is 3.74. The van der Waals surface area contributed by atoms with E-state index in [0.29, 0.717) is 0 Å². The summed E-state index contributed by atoms with van der Waals surface area (Å²) in [6, 6.07) is 0. The average Bonchev–Trinajstić information content (AvgIpc) is 2.04. The molecule has 13 heavy (non-hydrogen) atoms. The molecule has 1 aliphatic rings. The molecule has 76 valence electrons. The molecule has 3 N–H and O–H groups in total. The second kappa shape index (κ2) is 4.55. The van der Waals surface area contributed by atoms with Crippen LogP contribution in [0.4, 0.5) is 0 Å². The van der Waals surface area contributed by atoms with Gasteiger partial charge in [-0.15, -0.1) is 0 Å². The van der Waals surface area contributed by atoms with Crippen LogP contribution in [0.5, 0.6) is 0 Å². The molecule has 5 nitrogen and oxygen atoms in total. The Labute approximate surface area is 78.9 Å². The monoisotopic (exact) mass is 186 g/mol. The zero-order valence-corrected chi connectivity index (χ0v) is 8.29. The minimum atomic E-state index is -0.271. The van der Waals surface area contributed by atoms with Crippen LogP contribution in [0.3, 0.4) is 0 Å². The van der Waals surface area contributed by atoms with Gasteiger partial charge >= 0.3 is 0 Å². The first-order chi connectivity index (χ1) is 6.13. The maximum atomic E-state index is 11.2. The molecule has 0 spiro atoms. The summed E-state index contributed by atoms with van der Waals surface area (Å²) in [5.41, 5.74) is 5.33. The van der Waals surface area contributed by atoms with Crippen molar-refractivity contribution in [3.05, 3.63) is 0 Å². The van der Waals surface area contributed by atoms with Crippen molar-refractivity contribution in [3.63, 3.8) is 0 Å². The molecule has 0 bridgehead atoms. The van der Waals surface area contributed by atoms with Crippen LogP contribution in [0.15, 0.2) is 0 Å². The smallest absolute Gasteiger partial charge is 0.249 e. The van der Waals surface area contributed by atoms with Crippen LogP contribution in [0, 0.1) is 0 Å². The van der Waals surface area contributed by atoms with Crippen LogP contribution in [0.25, 0.3) is 0 Å². The third-order valence-corrected chi connectivity index (χ3v) is 2.24. The van der Waals surface area contributed by atoms with Gasteiger partial charge in [0.2, 0.25) is 5.91 Å². The fourth-order valence-electron chi connectivity index (χ4n) is 1.69. The Balaban J connectivity index is 2.57. The molecule has 1 heterocycles. The maximum absolute atomic E-state index is 11.2. The molecule has 1 fully saturated rings. The molecule has 0 saturated carbocycles. The van der Waals surface area contributed by atoms with Gasteiger partial charge in [-0.1, -0.05) is 0 Å². The minimum absolute atomic E-state index is 0.262. The Morgan fingerprint density at radius 1 is 1.46 bits per heavy atom. The number of carbonyl (C=O) groups is 1. The fourth-order valence-corrected chi connectivity index (χ4v) is 1.69. The van der Waals surface area contributed by atoms with E-state index < -0.39 is 0 Å². The molecule has 0 aromatic carbocycles. The van der Waals surface area contributed by atoms with Crippen molar-refractivity contribution < 1.29 is 4.79 Å². The summed E-state index contributed by atoms with van der Waals surface area (Å²) in [5, 5.41) is 3.24. The van der Waals surface area contributed by atoms with Gasteiger partial charge < -0.3 is 11.1 Å². The SMILES string of the molecule is CN(C)C(C(N)=O)N1CCNCC1. The van der Waals surface area contributed by atoms with Gasteiger partial charge in [-0.2, -0.15) is 0 Å². The molecule has 5 heteroatoms. The fraction of sp³-hybridized carbons (Fsp3) is 0.875. The Hall–Kier alpha value is -0.650. The lowest BCUT2D eigenvalue weighted by molar-refractivity contribution is -0.129. The van der Waals surface area contributed by atoms with Crippen molar-refractivity contribution in [3.8, 4) is 0 Å². The van der Waals surface area contributed by atoms with Crippen LogP contribution in [0.2, 0.25) is 0 Å². The number of rotatable bonds is 3. The Bertz CT molecular complexity index is 177. The van der Waals surface area contributed by atoms with Crippen LogP contribution >= 0.6 is 0 Å². The predicted molar refractivity (Wildman–Crippen MR) is 51.1 cm³/mol. The van der Waals surface area contributed by atoms with E-state index in [0.717, 1.165) is 26.2 Å². The zero-order chi connectivity index (χ0) is 9.84. The predicted octanol–water partition coefficient (Wildman–Crippen LogP) is -1.74. The number of amides is 1. The van der Waals surface area contributed by atoms with E-state index in [4.69, 9.17) is 5.73 Å². The minimum Gasteiger partial charge on any atom is -0.367 e. The van der Waals surface area contributed by atoms with Crippen LogP contribution < -0.4 is 11.1 Å². The highest BCUT2D eigenvalue weighted by molar-refractivity contribution is 5.79. The standard InChI is InChI=1S/C8H18N4O/c1-11(2)8(7(9)13)12-5-3-10-4-6-12/h8,10H,3-6H2,1-2H3,(H2,9,13). The summed E-state index contributed by atoms with van der Waals surface area (Å²) >= 11 is 0. The second-order valence-corrected chi connectivity index (χ2v) is 3.53. The van der Waals surface area contributed by atoms with Crippen molar-refractivity contribution in [1.29, 1.82) is 0 Å². The van der Waals surface area contributed by atoms with Gasteiger partial charge in [0.15, 0.2) is 0 Å². The lowest BCUT2D eigenvalue weighted by Crippen LogP contribution is -2.58. The van der Waals surface area contributed by atoms with Gasteiger partial charge in [-0.05, 0) is 14.1 Å². The molecule has 1 rings (SSSR count). The molecular weight excluding hydrogens is 168 g/mol. The number of hydrogen-bond donors (Lipinski definition) is 2. The molecule has 0 aromatic rings. The van der Waals surface area contributed by atoms with Gasteiger partial charge in [0.1, 0.15) is 6.17 Å². The van der Waals surface area contributed by atoms with Crippen LogP contribution in [-0.2, 0) is 4.79 Å². The highest BCUT2D eigenvalue weighted by Crippen LogP contribution is 2.03. The molecule has 1 saturated heterocycles. The van der Waals surface area contributed by atoms with Crippen molar-refractivity contribution >= 4 is 5.91 Å². The van der Waals surface area contributed by atoms with Gasteiger partial charge in [0.05, 0.1) is 0 Å². The van der Waals surface area contributed by atoms with E-state index in [2.05, 4.69) is 10.2 Å². The lowest BCUT2D eigenvalue weighted by Gasteiger charge is -2.36. The number of carbonyl (C=O) groups excluding carboxylic acids is 1. The van der Waals surface area contributed by atoms with Crippen molar-refractivity contribution in [1.82, 2.24) is 15.1 Å². The summed E-state index contributed by atoms with van der Waals surface area (Å²) in [4.78, 5) is 15.1. The number of nitrogens with zero attached hydrogens (tertiary/aromatic N) is 2. The first-order valence-electron chi connectivity index (χ1n) is 4.53. The molecule has 1 amide bonds. The highest BCUT2D eigenvalue weighted by atomic mass is 16.1. The van der Waals surface area contributed by atoms with Crippen LogP contribution in [0.1, 0.15) is 0 Å². The van der Waals surface area contributed by atoms with E-state index >= 15 is 0 Å². The molecule has 0 aliphatic carbocycles. The Morgan fingerprint density at radius 3 is 2.38 bits per heavy atom. The second-order valence-electron chi connectivity index (χ2n) is 3.53. The molecule has 1 aliphatic heterocycles. The van der Waals surface area contributed by atoms with E-state index in [-0.39, 0.29) is 12.1 Å². The van der Waals surface area contributed by atoms with Gasteiger partial charge in [-0.25, -0.2) is 0 Å². The zero-order valence-electron chi connectivity index (χ0n) is 8.29. The van der Waals surface area contributed by atoms with Crippen molar-refractivity contribution in [2.45, 2.75) is 6.17 Å². The van der Waals surface area contributed by atoms with Gasteiger partial charge in [-0.3, -0.25) is 14.6 Å². The first-order valence-corrected chi connectivity index (χ1v) is 4.53. The molecular formula is C8H18N4O. The number of likely N-dealkylation sites (N-methyl/N-ethyl adjacent to an activating group) is 1. The van der Waals surface area contributed by atoms with Gasteiger partial charge in [0, 0.05) is 26.2 Å². The molecule has 1 atom stereocenters. The number of primary amides is 1. The third-order valence-electron chi connectivity index (χ3n) is 2.24. The summed E-state index contributed by atoms with van der Waals surface area (Å²) in [5.74, 6) is -0.271. The average molecular weight is 186 g/mol. The summed E-state index contributed by atoms with van der Waals surface area (Å²) in [6.07, 6.45) is -0.262. The van der Waals surface area contributed by atoms with Crippen LogP contribution in [-0.4, -0.2) is 62.1 Å². The number of nitrogens with two attached hydrogens (primary N) is 1. The van der Waals surface area contributed by atoms with Crippen molar-refractivity contribution in [2.75, 3.05) is 40.3 Å². The Kier molecular flexibility index (Phi) is 3.65. The third kappa shape index (κ3) is 2.65. The highest BCUT2D eigenvalue weighted by Gasteiger charge is 2.26. The molecule has 0 aromatic heterocycles.